The van der Waals surface area contributed by atoms with Crippen LogP contribution in [-0.2, 0) is 16.6 Å². The van der Waals surface area contributed by atoms with Crippen molar-refractivity contribution in [2.45, 2.75) is 13.0 Å². The topological polar surface area (TPSA) is 123 Å². The summed E-state index contributed by atoms with van der Waals surface area (Å²) in [5.41, 5.74) is 2.31. The number of aromatic nitrogens is 5. The SMILES string of the molecule is Cc1cc(C(=O)N2CCOC(c3nnn(C)n3)C2)c2ccccc2n1.O=CO. The summed E-state index contributed by atoms with van der Waals surface area (Å²) in [6.45, 7) is 3.02. The van der Waals surface area contributed by atoms with Gasteiger partial charge in [-0.15, -0.1) is 10.2 Å². The quantitative estimate of drug-likeness (QED) is 0.649. The summed E-state index contributed by atoms with van der Waals surface area (Å²) < 4.78 is 5.72. The number of amides is 1. The lowest BCUT2D eigenvalue weighted by atomic mass is 10.1. The molecule has 146 valence electrons. The van der Waals surface area contributed by atoms with E-state index in [1.54, 1.807) is 11.9 Å². The molecule has 1 N–H and O–H groups in total. The molecule has 4 rings (SSSR count). The summed E-state index contributed by atoms with van der Waals surface area (Å²) in [7, 11) is 1.70. The molecular formula is C18H20N6O4. The molecule has 1 fully saturated rings. The Morgan fingerprint density at radius 1 is 1.36 bits per heavy atom. The molecule has 1 aliphatic rings. The Morgan fingerprint density at radius 3 is 2.82 bits per heavy atom. The van der Waals surface area contributed by atoms with Gasteiger partial charge in [0.15, 0.2) is 0 Å². The van der Waals surface area contributed by atoms with E-state index in [4.69, 9.17) is 14.6 Å². The van der Waals surface area contributed by atoms with E-state index in [1.165, 1.54) is 4.80 Å². The number of rotatable bonds is 2. The van der Waals surface area contributed by atoms with Gasteiger partial charge in [0.2, 0.25) is 5.82 Å². The van der Waals surface area contributed by atoms with Crippen LogP contribution in [0.25, 0.3) is 10.9 Å². The number of benzene rings is 1. The zero-order valence-corrected chi connectivity index (χ0v) is 15.5. The summed E-state index contributed by atoms with van der Waals surface area (Å²) in [5.74, 6) is 0.467. The summed E-state index contributed by atoms with van der Waals surface area (Å²) in [6.07, 6.45) is -0.361. The van der Waals surface area contributed by atoms with Gasteiger partial charge in [0.05, 0.1) is 31.3 Å². The lowest BCUT2D eigenvalue weighted by molar-refractivity contribution is -0.122. The van der Waals surface area contributed by atoms with Gasteiger partial charge >= 0.3 is 0 Å². The first-order valence-corrected chi connectivity index (χ1v) is 8.62. The number of nitrogens with zero attached hydrogens (tertiary/aromatic N) is 6. The molecule has 1 amide bonds. The van der Waals surface area contributed by atoms with Crippen molar-refractivity contribution in [3.63, 3.8) is 0 Å². The normalized spacial score (nSPS) is 16.4. The third kappa shape index (κ3) is 4.12. The predicted molar refractivity (Wildman–Crippen MR) is 98.6 cm³/mol. The number of hydrogen-bond donors (Lipinski definition) is 1. The molecule has 28 heavy (non-hydrogen) atoms. The molecule has 0 aliphatic carbocycles. The van der Waals surface area contributed by atoms with Crippen LogP contribution in [0.15, 0.2) is 30.3 Å². The molecule has 10 nitrogen and oxygen atoms in total. The van der Waals surface area contributed by atoms with Crippen LogP contribution >= 0.6 is 0 Å². The van der Waals surface area contributed by atoms with Crippen molar-refractivity contribution >= 4 is 23.3 Å². The Hall–Kier alpha value is -3.40. The molecule has 0 saturated carbocycles. The van der Waals surface area contributed by atoms with E-state index in [1.807, 2.05) is 37.3 Å². The number of carbonyl (C=O) groups excluding carboxylic acids is 1. The number of carbonyl (C=O) groups is 2. The maximum atomic E-state index is 13.1. The number of morpholine rings is 1. The smallest absolute Gasteiger partial charge is 0.290 e. The van der Waals surface area contributed by atoms with E-state index in [0.29, 0.717) is 31.1 Å². The first-order valence-electron chi connectivity index (χ1n) is 8.62. The number of aryl methyl sites for hydroxylation is 2. The number of carboxylic acid groups (broad SMARTS) is 1. The number of ether oxygens (including phenoxy) is 1. The molecule has 3 aromatic rings. The van der Waals surface area contributed by atoms with Crippen LogP contribution in [0.3, 0.4) is 0 Å². The van der Waals surface area contributed by atoms with Crippen LogP contribution < -0.4 is 0 Å². The second-order valence-corrected chi connectivity index (χ2v) is 6.18. The standard InChI is InChI=1S/C17H18N6O2.CH2O2/c1-11-9-13(12-5-3-4-6-14(12)18-11)17(24)23-7-8-25-15(10-23)16-19-21-22(2)20-16;2-1-3/h3-6,9,15H,7-8,10H2,1-2H3;1H,(H,2,3). The van der Waals surface area contributed by atoms with Gasteiger partial charge in [-0.1, -0.05) is 18.2 Å². The first-order chi connectivity index (χ1) is 13.5. The molecule has 0 radical (unpaired) electrons. The summed E-state index contributed by atoms with van der Waals surface area (Å²) in [4.78, 5) is 29.2. The Kier molecular flexibility index (Phi) is 5.90. The van der Waals surface area contributed by atoms with Crippen molar-refractivity contribution in [1.82, 2.24) is 30.1 Å². The largest absolute Gasteiger partial charge is 0.483 e. The fourth-order valence-electron chi connectivity index (χ4n) is 3.07. The van der Waals surface area contributed by atoms with Crippen molar-refractivity contribution in [1.29, 1.82) is 0 Å². The lowest BCUT2D eigenvalue weighted by Gasteiger charge is -2.31. The Bertz CT molecular complexity index is 989. The Balaban J connectivity index is 0.000000706. The highest BCUT2D eigenvalue weighted by Gasteiger charge is 2.29. The zero-order chi connectivity index (χ0) is 20.1. The first kappa shape index (κ1) is 19.4. The highest BCUT2D eigenvalue weighted by atomic mass is 16.5. The number of para-hydroxylation sites is 1. The third-order valence-electron chi connectivity index (χ3n) is 4.24. The van der Waals surface area contributed by atoms with Gasteiger partial charge in [-0.25, -0.2) is 0 Å². The monoisotopic (exact) mass is 384 g/mol. The van der Waals surface area contributed by atoms with Crippen LogP contribution in [0.1, 0.15) is 28.0 Å². The van der Waals surface area contributed by atoms with E-state index in [0.717, 1.165) is 16.6 Å². The maximum absolute atomic E-state index is 13.1. The van der Waals surface area contributed by atoms with Crippen molar-refractivity contribution in [3.8, 4) is 0 Å². The van der Waals surface area contributed by atoms with Crippen molar-refractivity contribution < 1.29 is 19.4 Å². The molecule has 10 heteroatoms. The Morgan fingerprint density at radius 2 is 2.11 bits per heavy atom. The molecule has 1 saturated heterocycles. The highest BCUT2D eigenvalue weighted by molar-refractivity contribution is 6.06. The maximum Gasteiger partial charge on any atom is 0.290 e. The minimum absolute atomic E-state index is 0.0288. The molecular weight excluding hydrogens is 364 g/mol. The number of pyridine rings is 1. The van der Waals surface area contributed by atoms with Gasteiger partial charge in [0, 0.05) is 17.6 Å². The van der Waals surface area contributed by atoms with Gasteiger partial charge in [-0.05, 0) is 24.3 Å². The molecule has 0 bridgehead atoms. The van der Waals surface area contributed by atoms with E-state index >= 15 is 0 Å². The highest BCUT2D eigenvalue weighted by Crippen LogP contribution is 2.24. The molecule has 0 spiro atoms. The van der Waals surface area contributed by atoms with Crippen molar-refractivity contribution in [2.24, 2.45) is 7.05 Å². The van der Waals surface area contributed by atoms with Gasteiger partial charge in [0.25, 0.3) is 12.4 Å². The third-order valence-corrected chi connectivity index (χ3v) is 4.24. The molecule has 1 unspecified atom stereocenters. The summed E-state index contributed by atoms with van der Waals surface area (Å²) in [6, 6.07) is 9.53. The average molecular weight is 384 g/mol. The van der Waals surface area contributed by atoms with Crippen LogP contribution in [0.4, 0.5) is 0 Å². The minimum Gasteiger partial charge on any atom is -0.483 e. The molecule has 1 aromatic carbocycles. The molecule has 3 heterocycles. The van der Waals surface area contributed by atoms with Gasteiger partial charge in [-0.2, -0.15) is 4.80 Å². The lowest BCUT2D eigenvalue weighted by Crippen LogP contribution is -2.42. The van der Waals surface area contributed by atoms with E-state index in [-0.39, 0.29) is 18.5 Å². The predicted octanol–water partition coefficient (Wildman–Crippen LogP) is 0.981. The minimum atomic E-state index is -0.361. The van der Waals surface area contributed by atoms with E-state index in [9.17, 15) is 4.79 Å². The molecule has 2 aromatic heterocycles. The summed E-state index contributed by atoms with van der Waals surface area (Å²) in [5, 5.41) is 19.8. The Labute approximate surface area is 160 Å². The molecule has 1 atom stereocenters. The van der Waals surface area contributed by atoms with Crippen LogP contribution in [0.2, 0.25) is 0 Å². The van der Waals surface area contributed by atoms with Crippen LogP contribution in [-0.4, -0.2) is 67.3 Å². The van der Waals surface area contributed by atoms with Gasteiger partial charge in [0.1, 0.15) is 6.10 Å². The van der Waals surface area contributed by atoms with E-state index < -0.39 is 0 Å². The second kappa shape index (κ2) is 8.53. The van der Waals surface area contributed by atoms with Crippen LogP contribution in [0.5, 0.6) is 0 Å². The number of fused-ring (bicyclic) bond motifs is 1. The van der Waals surface area contributed by atoms with Crippen molar-refractivity contribution in [3.05, 3.63) is 47.4 Å². The van der Waals surface area contributed by atoms with Crippen molar-refractivity contribution in [2.75, 3.05) is 19.7 Å². The fraction of sp³-hybridized carbons (Fsp3) is 0.333. The van der Waals surface area contributed by atoms with E-state index in [2.05, 4.69) is 20.4 Å². The van der Waals surface area contributed by atoms with Gasteiger partial charge in [-0.3, -0.25) is 14.6 Å². The average Bonchev–Trinajstić information content (AvgIpc) is 3.14. The van der Waals surface area contributed by atoms with Crippen LogP contribution in [0, 0.1) is 6.92 Å². The molecule has 1 aliphatic heterocycles. The summed E-state index contributed by atoms with van der Waals surface area (Å²) >= 11 is 0. The fourth-order valence-corrected chi connectivity index (χ4v) is 3.07. The van der Waals surface area contributed by atoms with Gasteiger partial charge < -0.3 is 14.7 Å². The second-order valence-electron chi connectivity index (χ2n) is 6.18. The number of tetrazole rings is 1. The number of hydrogen-bond acceptors (Lipinski definition) is 7. The zero-order valence-electron chi connectivity index (χ0n) is 15.5.